The third-order valence-electron chi connectivity index (χ3n) is 6.94. The first kappa shape index (κ1) is 27.2. The van der Waals surface area contributed by atoms with Gasteiger partial charge < -0.3 is 23.8 Å². The van der Waals surface area contributed by atoms with Crippen LogP contribution >= 0.6 is 11.8 Å². The summed E-state index contributed by atoms with van der Waals surface area (Å²) in [5, 5.41) is 0.735. The van der Waals surface area contributed by atoms with Crippen molar-refractivity contribution in [1.29, 1.82) is 0 Å². The maximum atomic E-state index is 13.7. The number of esters is 1. The number of para-hydroxylation sites is 1. The Morgan fingerprint density at radius 3 is 2.56 bits per heavy atom. The number of ether oxygens (including phenoxy) is 4. The van der Waals surface area contributed by atoms with E-state index in [1.54, 1.807) is 37.1 Å². The van der Waals surface area contributed by atoms with Crippen LogP contribution in [0.25, 0.3) is 10.9 Å². The molecule has 2 aromatic carbocycles. The first-order valence-corrected chi connectivity index (χ1v) is 13.9. The van der Waals surface area contributed by atoms with Gasteiger partial charge in [-0.2, -0.15) is 0 Å². The van der Waals surface area contributed by atoms with Gasteiger partial charge in [-0.3, -0.25) is 19.0 Å². The molecule has 0 unspecified atom stereocenters. The molecule has 1 spiro atoms. The molecule has 1 aromatic heterocycles. The van der Waals surface area contributed by atoms with E-state index in [9.17, 15) is 14.4 Å². The maximum absolute atomic E-state index is 13.7. The molecule has 206 valence electrons. The monoisotopic (exact) mass is 553 g/mol. The van der Waals surface area contributed by atoms with Gasteiger partial charge in [-0.15, -0.1) is 0 Å². The molecule has 0 aliphatic carbocycles. The summed E-state index contributed by atoms with van der Waals surface area (Å²) in [5.74, 6) is -0.466. The van der Waals surface area contributed by atoms with E-state index in [1.807, 2.05) is 24.3 Å². The molecule has 0 N–H and O–H groups in total. The van der Waals surface area contributed by atoms with Gasteiger partial charge in [0.1, 0.15) is 5.75 Å². The highest BCUT2D eigenvalue weighted by Crippen LogP contribution is 2.32. The maximum Gasteiger partial charge on any atom is 0.316 e. The predicted molar refractivity (Wildman–Crippen MR) is 145 cm³/mol. The average molecular weight is 554 g/mol. The number of methoxy groups -OCH3 is 1. The number of thioether (sulfide) groups is 1. The third kappa shape index (κ3) is 5.80. The smallest absolute Gasteiger partial charge is 0.316 e. The van der Waals surface area contributed by atoms with Gasteiger partial charge in [0.25, 0.3) is 11.5 Å². The van der Waals surface area contributed by atoms with E-state index in [1.165, 1.54) is 4.57 Å². The molecule has 0 radical (unpaired) electrons. The lowest BCUT2D eigenvalue weighted by Gasteiger charge is -2.37. The Labute approximate surface area is 230 Å². The van der Waals surface area contributed by atoms with E-state index in [0.717, 1.165) is 17.3 Å². The molecule has 2 fully saturated rings. The summed E-state index contributed by atoms with van der Waals surface area (Å²) < 4.78 is 23.6. The molecular weight excluding hydrogens is 522 g/mol. The van der Waals surface area contributed by atoms with E-state index in [-0.39, 0.29) is 30.4 Å². The number of amides is 1. The molecule has 10 nitrogen and oxygen atoms in total. The second-order valence-corrected chi connectivity index (χ2v) is 10.3. The van der Waals surface area contributed by atoms with Crippen molar-refractivity contribution in [2.45, 2.75) is 37.3 Å². The molecule has 5 rings (SSSR count). The second kappa shape index (κ2) is 11.8. The zero-order valence-corrected chi connectivity index (χ0v) is 22.8. The Bertz CT molecular complexity index is 1420. The fourth-order valence-electron chi connectivity index (χ4n) is 4.93. The summed E-state index contributed by atoms with van der Waals surface area (Å²) in [6, 6.07) is 12.4. The number of rotatable bonds is 8. The Balaban J connectivity index is 1.46. The first-order chi connectivity index (χ1) is 18.9. The van der Waals surface area contributed by atoms with Gasteiger partial charge in [-0.05, 0) is 31.2 Å². The Kier molecular flexibility index (Phi) is 8.20. The number of likely N-dealkylation sites (tertiary alicyclic amines) is 1. The van der Waals surface area contributed by atoms with Crippen LogP contribution in [-0.2, 0) is 25.5 Å². The SMILES string of the molecule is CCOC(=O)CSc1nc2cc(C(=O)N3CCC4(CC3)OCCO4)ccc2c(=O)n1Cc1ccccc1OC. The summed E-state index contributed by atoms with van der Waals surface area (Å²) in [4.78, 5) is 45.6. The zero-order valence-electron chi connectivity index (χ0n) is 22.0. The topological polar surface area (TPSA) is 109 Å². The van der Waals surface area contributed by atoms with E-state index in [2.05, 4.69) is 0 Å². The van der Waals surface area contributed by atoms with Crippen LogP contribution < -0.4 is 10.3 Å². The van der Waals surface area contributed by atoms with Gasteiger partial charge in [0, 0.05) is 37.1 Å². The van der Waals surface area contributed by atoms with Crippen LogP contribution in [0.5, 0.6) is 5.75 Å². The van der Waals surface area contributed by atoms with Crippen molar-refractivity contribution >= 4 is 34.5 Å². The van der Waals surface area contributed by atoms with E-state index >= 15 is 0 Å². The van der Waals surface area contributed by atoms with Gasteiger partial charge in [0.05, 0.1) is 50.1 Å². The Morgan fingerprint density at radius 2 is 1.85 bits per heavy atom. The largest absolute Gasteiger partial charge is 0.496 e. The van der Waals surface area contributed by atoms with Gasteiger partial charge in [-0.25, -0.2) is 4.98 Å². The van der Waals surface area contributed by atoms with E-state index in [4.69, 9.17) is 23.9 Å². The van der Waals surface area contributed by atoms with Crippen molar-refractivity contribution in [1.82, 2.24) is 14.5 Å². The van der Waals surface area contributed by atoms with Crippen LogP contribution in [0, 0.1) is 0 Å². The van der Waals surface area contributed by atoms with Crippen molar-refractivity contribution in [3.05, 3.63) is 63.9 Å². The van der Waals surface area contributed by atoms with Crippen LogP contribution in [0.4, 0.5) is 0 Å². The number of nitrogens with zero attached hydrogens (tertiary/aromatic N) is 3. The second-order valence-electron chi connectivity index (χ2n) is 9.32. The number of aromatic nitrogens is 2. The zero-order chi connectivity index (χ0) is 27.4. The number of hydrogen-bond donors (Lipinski definition) is 0. The summed E-state index contributed by atoms with van der Waals surface area (Å²) >= 11 is 1.12. The molecule has 2 saturated heterocycles. The molecular formula is C28H31N3O7S. The quantitative estimate of drug-likeness (QED) is 0.236. The fourth-order valence-corrected chi connectivity index (χ4v) is 5.73. The van der Waals surface area contributed by atoms with Crippen LogP contribution in [-0.4, -0.2) is 77.9 Å². The lowest BCUT2D eigenvalue weighted by atomic mass is 10.0. The minimum absolute atomic E-state index is 0.00397. The van der Waals surface area contributed by atoms with Crippen molar-refractivity contribution in [3.8, 4) is 5.75 Å². The van der Waals surface area contributed by atoms with Crippen molar-refractivity contribution in [2.24, 2.45) is 0 Å². The molecule has 1 amide bonds. The first-order valence-electron chi connectivity index (χ1n) is 12.9. The van der Waals surface area contributed by atoms with Crippen molar-refractivity contribution in [2.75, 3.05) is 45.8 Å². The fraction of sp³-hybridized carbons (Fsp3) is 0.429. The van der Waals surface area contributed by atoms with Gasteiger partial charge in [0.2, 0.25) is 0 Å². The van der Waals surface area contributed by atoms with Gasteiger partial charge in [-0.1, -0.05) is 30.0 Å². The summed E-state index contributed by atoms with van der Waals surface area (Å²) in [6.07, 6.45) is 1.24. The number of benzene rings is 2. The number of hydrogen-bond acceptors (Lipinski definition) is 9. The minimum Gasteiger partial charge on any atom is -0.496 e. The van der Waals surface area contributed by atoms with Gasteiger partial charge >= 0.3 is 5.97 Å². The molecule has 2 aliphatic rings. The number of carbonyl (C=O) groups is 2. The van der Waals surface area contributed by atoms with E-state index < -0.39 is 11.8 Å². The molecule has 11 heteroatoms. The van der Waals surface area contributed by atoms with Gasteiger partial charge in [0.15, 0.2) is 10.9 Å². The summed E-state index contributed by atoms with van der Waals surface area (Å²) in [5.41, 5.74) is 1.37. The lowest BCUT2D eigenvalue weighted by Crippen LogP contribution is -2.47. The molecule has 3 heterocycles. The highest BCUT2D eigenvalue weighted by Gasteiger charge is 2.40. The molecule has 0 bridgehead atoms. The van der Waals surface area contributed by atoms with E-state index in [0.29, 0.717) is 66.5 Å². The van der Waals surface area contributed by atoms with Crippen molar-refractivity contribution in [3.63, 3.8) is 0 Å². The van der Waals surface area contributed by atoms with Crippen LogP contribution in [0.2, 0.25) is 0 Å². The molecule has 3 aromatic rings. The summed E-state index contributed by atoms with van der Waals surface area (Å²) in [7, 11) is 1.57. The molecule has 39 heavy (non-hydrogen) atoms. The van der Waals surface area contributed by atoms with Crippen molar-refractivity contribution < 1.29 is 28.5 Å². The third-order valence-corrected chi connectivity index (χ3v) is 7.89. The predicted octanol–water partition coefficient (Wildman–Crippen LogP) is 3.09. The molecule has 2 aliphatic heterocycles. The number of carbonyl (C=O) groups excluding carboxylic acids is 2. The standard InChI is InChI=1S/C28H31N3O7S/c1-3-36-24(32)18-39-27-29-22-16-19(25(33)30-12-10-28(11-13-30)37-14-15-38-28)8-9-21(22)26(34)31(27)17-20-6-4-5-7-23(20)35-2/h4-9,16H,3,10-15,17-18H2,1-2H3. The minimum atomic E-state index is -0.570. The Morgan fingerprint density at radius 1 is 1.10 bits per heavy atom. The number of piperidine rings is 1. The van der Waals surface area contributed by atoms with Crippen LogP contribution in [0.3, 0.4) is 0 Å². The lowest BCUT2D eigenvalue weighted by molar-refractivity contribution is -0.181. The van der Waals surface area contributed by atoms with Crippen LogP contribution in [0.1, 0.15) is 35.7 Å². The highest BCUT2D eigenvalue weighted by atomic mass is 32.2. The molecule has 0 saturated carbocycles. The van der Waals surface area contributed by atoms with Crippen LogP contribution in [0.15, 0.2) is 52.4 Å². The highest BCUT2D eigenvalue weighted by molar-refractivity contribution is 7.99. The average Bonchev–Trinajstić information content (AvgIpc) is 3.41. The summed E-state index contributed by atoms with van der Waals surface area (Å²) in [6.45, 7) is 4.40. The number of fused-ring (bicyclic) bond motifs is 1. The molecule has 0 atom stereocenters. The Hall–Kier alpha value is -3.41. The normalized spacial score (nSPS) is 16.5.